The summed E-state index contributed by atoms with van der Waals surface area (Å²) in [6.45, 7) is 2.08. The van der Waals surface area contributed by atoms with Gasteiger partial charge in [-0.1, -0.05) is 0 Å². The summed E-state index contributed by atoms with van der Waals surface area (Å²) in [5, 5.41) is 1.15. The smallest absolute Gasteiger partial charge is 0.124 e. The number of fused-ring (bicyclic) bond motifs is 1. The standard InChI is InChI=1S/C7H7FNP/c1-10-7-4-5(8)2-3-6(7)9-10/h2-4,9H,1H3. The molecule has 0 amide bonds. The van der Waals surface area contributed by atoms with Crippen LogP contribution < -0.4 is 0 Å². The van der Waals surface area contributed by atoms with Gasteiger partial charge in [0.1, 0.15) is 5.82 Å². The lowest BCUT2D eigenvalue weighted by Crippen LogP contribution is -1.81. The Kier molecular flexibility index (Phi) is 1.12. The number of hydrogen-bond donors (Lipinski definition) is 1. The molecule has 0 fully saturated rings. The molecule has 10 heavy (non-hydrogen) atoms. The molecule has 1 unspecified atom stereocenters. The third-order valence-electron chi connectivity index (χ3n) is 1.61. The molecule has 0 bridgehead atoms. The van der Waals surface area contributed by atoms with Crippen molar-refractivity contribution in [3.8, 4) is 0 Å². The fourth-order valence-electron chi connectivity index (χ4n) is 1.06. The van der Waals surface area contributed by atoms with Crippen LogP contribution in [0.1, 0.15) is 0 Å². The summed E-state index contributed by atoms with van der Waals surface area (Å²) in [7, 11) is -0.240. The van der Waals surface area contributed by atoms with E-state index in [1.165, 1.54) is 6.07 Å². The van der Waals surface area contributed by atoms with Crippen molar-refractivity contribution in [2.24, 2.45) is 6.66 Å². The molecule has 0 aliphatic carbocycles. The summed E-state index contributed by atoms with van der Waals surface area (Å²) in [5.74, 6) is -0.130. The molecular weight excluding hydrogens is 148 g/mol. The predicted octanol–water partition coefficient (Wildman–Crippen LogP) is 2.83. The topological polar surface area (TPSA) is 15.8 Å². The molecule has 0 saturated heterocycles. The fraction of sp³-hybridized carbons (Fsp3) is 0.143. The first-order chi connectivity index (χ1) is 4.77. The van der Waals surface area contributed by atoms with E-state index in [4.69, 9.17) is 0 Å². The first-order valence-corrected chi connectivity index (χ1v) is 4.86. The lowest BCUT2D eigenvalue weighted by molar-refractivity contribution is 0.630. The molecule has 1 atom stereocenters. The Morgan fingerprint density at radius 1 is 1.50 bits per heavy atom. The van der Waals surface area contributed by atoms with Gasteiger partial charge in [-0.15, -0.1) is 0 Å². The highest BCUT2D eigenvalue weighted by molar-refractivity contribution is 7.51. The fourth-order valence-corrected chi connectivity index (χ4v) is 2.38. The molecule has 0 aliphatic rings. The second kappa shape index (κ2) is 1.86. The zero-order chi connectivity index (χ0) is 7.14. The normalized spacial score (nSPS) is 12.8. The molecule has 0 aliphatic heterocycles. The molecule has 1 heterocycles. The van der Waals surface area contributed by atoms with Gasteiger partial charge in [0.25, 0.3) is 0 Å². The predicted molar refractivity (Wildman–Crippen MR) is 41.9 cm³/mol. The molecule has 2 aromatic rings. The second-order valence-electron chi connectivity index (χ2n) is 2.33. The van der Waals surface area contributed by atoms with Gasteiger partial charge in [0.2, 0.25) is 0 Å². The number of aromatic amines is 1. The van der Waals surface area contributed by atoms with Crippen molar-refractivity contribution in [1.82, 2.24) is 4.75 Å². The molecule has 1 N–H and O–H groups in total. The van der Waals surface area contributed by atoms with Crippen molar-refractivity contribution in [2.75, 3.05) is 0 Å². The maximum atomic E-state index is 12.5. The van der Waals surface area contributed by atoms with E-state index in [2.05, 4.69) is 11.4 Å². The van der Waals surface area contributed by atoms with E-state index in [0.717, 1.165) is 10.6 Å². The van der Waals surface area contributed by atoms with Crippen molar-refractivity contribution < 1.29 is 4.39 Å². The molecule has 52 valence electrons. The lowest BCUT2D eigenvalue weighted by atomic mass is 10.3. The minimum absolute atomic E-state index is 0.130. The molecule has 1 aromatic heterocycles. The molecule has 1 aromatic carbocycles. The number of benzene rings is 1. The van der Waals surface area contributed by atoms with Crippen LogP contribution in [0, 0.1) is 5.82 Å². The molecular formula is C7H7FNP. The number of hydrogen-bond acceptors (Lipinski definition) is 0. The van der Waals surface area contributed by atoms with Gasteiger partial charge in [-0.05, 0) is 32.6 Å². The Morgan fingerprint density at radius 3 is 2.90 bits per heavy atom. The maximum Gasteiger partial charge on any atom is 0.124 e. The van der Waals surface area contributed by atoms with Crippen LogP contribution in [0.15, 0.2) is 18.2 Å². The van der Waals surface area contributed by atoms with Crippen molar-refractivity contribution in [3.05, 3.63) is 24.0 Å². The average molecular weight is 155 g/mol. The molecule has 2 rings (SSSR count). The highest BCUT2D eigenvalue weighted by Gasteiger charge is 2.01. The highest BCUT2D eigenvalue weighted by Crippen LogP contribution is 2.35. The van der Waals surface area contributed by atoms with Gasteiger partial charge in [-0.2, -0.15) is 0 Å². The maximum absolute atomic E-state index is 12.5. The Morgan fingerprint density at radius 2 is 2.30 bits per heavy atom. The summed E-state index contributed by atoms with van der Waals surface area (Å²) in [5.41, 5.74) is 1.09. The quantitative estimate of drug-likeness (QED) is 0.602. The first-order valence-electron chi connectivity index (χ1n) is 3.07. The van der Waals surface area contributed by atoms with Gasteiger partial charge in [0.15, 0.2) is 0 Å². The van der Waals surface area contributed by atoms with Crippen LogP contribution in [0.3, 0.4) is 0 Å². The van der Waals surface area contributed by atoms with Crippen LogP contribution in [0.5, 0.6) is 0 Å². The molecule has 0 spiro atoms. The Hall–Kier alpha value is -0.750. The summed E-state index contributed by atoms with van der Waals surface area (Å²) >= 11 is 0. The zero-order valence-electron chi connectivity index (χ0n) is 5.56. The number of halogens is 1. The van der Waals surface area contributed by atoms with Crippen molar-refractivity contribution in [1.29, 1.82) is 0 Å². The van der Waals surface area contributed by atoms with Crippen LogP contribution in [-0.4, -0.2) is 4.75 Å². The number of rotatable bonds is 0. The van der Waals surface area contributed by atoms with Crippen molar-refractivity contribution in [3.63, 3.8) is 0 Å². The summed E-state index contributed by atoms with van der Waals surface area (Å²) in [4.78, 5) is 0. The summed E-state index contributed by atoms with van der Waals surface area (Å²) in [6, 6.07) is 4.87. The Balaban J connectivity index is 2.75. The van der Waals surface area contributed by atoms with E-state index < -0.39 is 0 Å². The van der Waals surface area contributed by atoms with E-state index in [1.807, 2.05) is 0 Å². The van der Waals surface area contributed by atoms with Gasteiger partial charge in [-0.25, -0.2) is 4.39 Å². The number of H-pyrrole nitrogens is 1. The minimum Gasteiger partial charge on any atom is -0.344 e. The average Bonchev–Trinajstić information content (AvgIpc) is 1.92. The molecule has 1 nitrogen and oxygen atoms in total. The van der Waals surface area contributed by atoms with E-state index in [-0.39, 0.29) is 13.5 Å². The Labute approximate surface area is 59.0 Å². The van der Waals surface area contributed by atoms with Gasteiger partial charge in [-0.3, -0.25) is 0 Å². The van der Waals surface area contributed by atoms with Crippen LogP contribution in [0.2, 0.25) is 0 Å². The number of aromatic nitrogens is 1. The van der Waals surface area contributed by atoms with Crippen LogP contribution in [-0.2, 0) is 6.66 Å². The van der Waals surface area contributed by atoms with Gasteiger partial charge in [0, 0.05) is 5.12 Å². The van der Waals surface area contributed by atoms with Crippen molar-refractivity contribution >= 4 is 18.3 Å². The summed E-state index contributed by atoms with van der Waals surface area (Å²) < 4.78 is 15.7. The minimum atomic E-state index is -0.240. The molecule has 3 heteroatoms. The van der Waals surface area contributed by atoms with Crippen LogP contribution in [0.25, 0.3) is 10.6 Å². The van der Waals surface area contributed by atoms with Gasteiger partial charge < -0.3 is 4.75 Å². The third-order valence-corrected chi connectivity index (χ3v) is 3.28. The monoisotopic (exact) mass is 155 g/mol. The molecule has 0 saturated carbocycles. The largest absolute Gasteiger partial charge is 0.344 e. The van der Waals surface area contributed by atoms with Crippen molar-refractivity contribution in [2.45, 2.75) is 0 Å². The zero-order valence-corrected chi connectivity index (χ0v) is 6.45. The third kappa shape index (κ3) is 0.691. The second-order valence-corrected chi connectivity index (χ2v) is 4.16. The van der Waals surface area contributed by atoms with E-state index >= 15 is 0 Å². The van der Waals surface area contributed by atoms with Crippen LogP contribution >= 0.6 is 7.69 Å². The SMILES string of the molecule is Cp1[nH]c2ccc(F)cc21. The van der Waals surface area contributed by atoms with Gasteiger partial charge in [0.05, 0.1) is 5.52 Å². The van der Waals surface area contributed by atoms with E-state index in [9.17, 15) is 4.39 Å². The number of aryl methyl sites for hydroxylation is 1. The first kappa shape index (κ1) is 5.99. The van der Waals surface area contributed by atoms with E-state index in [1.54, 1.807) is 12.1 Å². The van der Waals surface area contributed by atoms with Gasteiger partial charge >= 0.3 is 0 Å². The lowest BCUT2D eigenvalue weighted by Gasteiger charge is -2.07. The number of nitrogens with one attached hydrogen (secondary N) is 1. The Bertz CT molecular complexity index is 357. The van der Waals surface area contributed by atoms with E-state index in [0.29, 0.717) is 0 Å². The van der Waals surface area contributed by atoms with Crippen LogP contribution in [0.4, 0.5) is 4.39 Å². The summed E-state index contributed by atoms with van der Waals surface area (Å²) in [6.07, 6.45) is 0. The molecule has 0 radical (unpaired) electrons. The highest BCUT2D eigenvalue weighted by atomic mass is 31.1.